The van der Waals surface area contributed by atoms with Crippen LogP contribution in [0.3, 0.4) is 0 Å². The predicted octanol–water partition coefficient (Wildman–Crippen LogP) is 1.67. The Bertz CT molecular complexity index is 419. The van der Waals surface area contributed by atoms with E-state index in [0.29, 0.717) is 0 Å². The van der Waals surface area contributed by atoms with E-state index in [1.165, 1.54) is 0 Å². The van der Waals surface area contributed by atoms with Crippen LogP contribution in [0.5, 0.6) is 0 Å². The summed E-state index contributed by atoms with van der Waals surface area (Å²) in [5.41, 5.74) is 1.01. The van der Waals surface area contributed by atoms with Gasteiger partial charge in [0.05, 0.1) is 0 Å². The summed E-state index contributed by atoms with van der Waals surface area (Å²) in [4.78, 5) is 4.06. The summed E-state index contributed by atoms with van der Waals surface area (Å²) in [6, 6.07) is 3.89. The molecule has 0 saturated carbocycles. The highest BCUT2D eigenvalue weighted by Crippen LogP contribution is 2.16. The van der Waals surface area contributed by atoms with Crippen molar-refractivity contribution >= 4 is 0 Å². The maximum Gasteiger partial charge on any atom is 0.165 e. The average molecular weight is 188 g/mol. The zero-order valence-corrected chi connectivity index (χ0v) is 8.31. The molecular formula is C10H12N4. The maximum absolute atomic E-state index is 4.13. The van der Waals surface area contributed by atoms with E-state index in [4.69, 9.17) is 0 Å². The number of nitrogens with zero attached hydrogens (tertiary/aromatic N) is 4. The summed E-state index contributed by atoms with van der Waals surface area (Å²) in [6.45, 7) is 4.91. The standard InChI is InChI=1S/C10H12N4/c1-3-14-8(2)12-13-10(14)9-5-4-6-11-7-9/h4-7H,3H2,1-2H3. The van der Waals surface area contributed by atoms with Gasteiger partial charge in [0.25, 0.3) is 0 Å². The van der Waals surface area contributed by atoms with Crippen LogP contribution < -0.4 is 0 Å². The Labute approximate surface area is 82.6 Å². The molecule has 4 nitrogen and oxygen atoms in total. The largest absolute Gasteiger partial charge is 0.311 e. The number of hydrogen-bond acceptors (Lipinski definition) is 3. The van der Waals surface area contributed by atoms with Gasteiger partial charge in [0.2, 0.25) is 0 Å². The Morgan fingerprint density at radius 1 is 1.36 bits per heavy atom. The third-order valence-corrected chi connectivity index (χ3v) is 2.17. The van der Waals surface area contributed by atoms with Crippen LogP contribution in [-0.2, 0) is 6.54 Å². The maximum atomic E-state index is 4.13. The highest BCUT2D eigenvalue weighted by atomic mass is 15.3. The van der Waals surface area contributed by atoms with E-state index in [-0.39, 0.29) is 0 Å². The summed E-state index contributed by atoms with van der Waals surface area (Å²) >= 11 is 0. The lowest BCUT2D eigenvalue weighted by molar-refractivity contribution is 0.736. The summed E-state index contributed by atoms with van der Waals surface area (Å²) < 4.78 is 2.07. The van der Waals surface area contributed by atoms with Gasteiger partial charge in [0.1, 0.15) is 5.82 Å². The van der Waals surface area contributed by atoms with Crippen molar-refractivity contribution in [1.29, 1.82) is 0 Å². The number of hydrogen-bond donors (Lipinski definition) is 0. The molecule has 2 heterocycles. The van der Waals surface area contributed by atoms with E-state index < -0.39 is 0 Å². The lowest BCUT2D eigenvalue weighted by Gasteiger charge is -2.03. The second-order valence-electron chi connectivity index (χ2n) is 3.06. The third-order valence-electron chi connectivity index (χ3n) is 2.17. The van der Waals surface area contributed by atoms with Crippen LogP contribution in [0.2, 0.25) is 0 Å². The van der Waals surface area contributed by atoms with Crippen molar-refractivity contribution in [3.63, 3.8) is 0 Å². The third kappa shape index (κ3) is 1.39. The number of rotatable bonds is 2. The van der Waals surface area contributed by atoms with Crippen molar-refractivity contribution in [3.05, 3.63) is 30.4 Å². The fraction of sp³-hybridized carbons (Fsp3) is 0.300. The molecule has 2 aromatic heterocycles. The molecule has 0 unspecified atom stereocenters. The fourth-order valence-corrected chi connectivity index (χ4v) is 1.47. The van der Waals surface area contributed by atoms with Crippen molar-refractivity contribution in [3.8, 4) is 11.4 Å². The molecule has 0 radical (unpaired) electrons. The van der Waals surface area contributed by atoms with Crippen LogP contribution in [0.15, 0.2) is 24.5 Å². The molecule has 2 aromatic rings. The van der Waals surface area contributed by atoms with Crippen molar-refractivity contribution in [2.45, 2.75) is 20.4 Å². The molecular weight excluding hydrogens is 176 g/mol. The van der Waals surface area contributed by atoms with Crippen LogP contribution in [-0.4, -0.2) is 19.7 Å². The van der Waals surface area contributed by atoms with Gasteiger partial charge < -0.3 is 4.57 Å². The van der Waals surface area contributed by atoms with Crippen LogP contribution in [0, 0.1) is 6.92 Å². The smallest absolute Gasteiger partial charge is 0.165 e. The van der Waals surface area contributed by atoms with E-state index in [1.54, 1.807) is 12.4 Å². The number of aromatic nitrogens is 4. The molecule has 14 heavy (non-hydrogen) atoms. The molecule has 2 rings (SSSR count). The molecule has 0 saturated heterocycles. The predicted molar refractivity (Wildman–Crippen MR) is 53.7 cm³/mol. The summed E-state index contributed by atoms with van der Waals surface area (Å²) in [5.74, 6) is 1.82. The lowest BCUT2D eigenvalue weighted by Crippen LogP contribution is -1.99. The summed E-state index contributed by atoms with van der Waals surface area (Å²) in [5, 5.41) is 8.18. The molecule has 0 amide bonds. The lowest BCUT2D eigenvalue weighted by atomic mass is 10.3. The average Bonchev–Trinajstić information content (AvgIpc) is 2.61. The quantitative estimate of drug-likeness (QED) is 0.720. The van der Waals surface area contributed by atoms with Crippen LogP contribution >= 0.6 is 0 Å². The van der Waals surface area contributed by atoms with Crippen molar-refractivity contribution in [2.75, 3.05) is 0 Å². The molecule has 0 atom stereocenters. The van der Waals surface area contributed by atoms with Gasteiger partial charge in [0.15, 0.2) is 5.82 Å². The normalized spacial score (nSPS) is 10.4. The molecule has 0 N–H and O–H groups in total. The Hall–Kier alpha value is -1.71. The number of aryl methyl sites for hydroxylation is 1. The van der Waals surface area contributed by atoms with Crippen molar-refractivity contribution in [2.24, 2.45) is 0 Å². The van der Waals surface area contributed by atoms with E-state index in [9.17, 15) is 0 Å². The van der Waals surface area contributed by atoms with Gasteiger partial charge >= 0.3 is 0 Å². The monoisotopic (exact) mass is 188 g/mol. The molecule has 4 heteroatoms. The SMILES string of the molecule is CCn1c(C)nnc1-c1cccnc1. The minimum absolute atomic E-state index is 0.878. The van der Waals surface area contributed by atoms with Crippen LogP contribution in [0.1, 0.15) is 12.7 Å². The Balaban J connectivity index is 2.52. The molecule has 0 aliphatic rings. The molecule has 72 valence electrons. The molecule has 0 bridgehead atoms. The van der Waals surface area contributed by atoms with Gasteiger partial charge in [-0.05, 0) is 26.0 Å². The number of pyridine rings is 1. The summed E-state index contributed by atoms with van der Waals surface area (Å²) in [7, 11) is 0. The first-order chi connectivity index (χ1) is 6.83. The van der Waals surface area contributed by atoms with Crippen molar-refractivity contribution in [1.82, 2.24) is 19.7 Å². The van der Waals surface area contributed by atoms with Gasteiger partial charge in [-0.2, -0.15) is 0 Å². The Kier molecular flexibility index (Phi) is 2.26. The fourth-order valence-electron chi connectivity index (χ4n) is 1.47. The Morgan fingerprint density at radius 3 is 2.86 bits per heavy atom. The van der Waals surface area contributed by atoms with E-state index in [1.807, 2.05) is 19.1 Å². The van der Waals surface area contributed by atoms with Gasteiger partial charge in [-0.15, -0.1) is 10.2 Å². The zero-order chi connectivity index (χ0) is 9.97. The second-order valence-corrected chi connectivity index (χ2v) is 3.06. The minimum Gasteiger partial charge on any atom is -0.311 e. The van der Waals surface area contributed by atoms with Crippen LogP contribution in [0.25, 0.3) is 11.4 Å². The highest BCUT2D eigenvalue weighted by molar-refractivity contribution is 5.53. The molecule has 0 fully saturated rings. The first-order valence-electron chi connectivity index (χ1n) is 4.63. The Morgan fingerprint density at radius 2 is 2.21 bits per heavy atom. The van der Waals surface area contributed by atoms with Gasteiger partial charge in [0, 0.05) is 24.5 Å². The second kappa shape index (κ2) is 3.57. The van der Waals surface area contributed by atoms with Crippen molar-refractivity contribution < 1.29 is 0 Å². The van der Waals surface area contributed by atoms with E-state index in [2.05, 4.69) is 26.7 Å². The molecule has 0 aliphatic carbocycles. The van der Waals surface area contributed by atoms with Crippen LogP contribution in [0.4, 0.5) is 0 Å². The molecule has 0 spiro atoms. The van der Waals surface area contributed by atoms with E-state index >= 15 is 0 Å². The van der Waals surface area contributed by atoms with Gasteiger partial charge in [-0.25, -0.2) is 0 Å². The zero-order valence-electron chi connectivity index (χ0n) is 8.31. The van der Waals surface area contributed by atoms with E-state index in [0.717, 1.165) is 23.8 Å². The topological polar surface area (TPSA) is 43.6 Å². The van der Waals surface area contributed by atoms with Gasteiger partial charge in [-0.3, -0.25) is 4.98 Å². The summed E-state index contributed by atoms with van der Waals surface area (Å²) in [6.07, 6.45) is 3.55. The highest BCUT2D eigenvalue weighted by Gasteiger charge is 2.08. The van der Waals surface area contributed by atoms with Gasteiger partial charge in [-0.1, -0.05) is 0 Å². The first-order valence-corrected chi connectivity index (χ1v) is 4.63. The first kappa shape index (κ1) is 8.87. The molecule has 0 aromatic carbocycles. The minimum atomic E-state index is 0.878. The molecule has 0 aliphatic heterocycles.